The lowest BCUT2D eigenvalue weighted by molar-refractivity contribution is 0.625. The first-order chi connectivity index (χ1) is 9.95. The second-order valence-corrected chi connectivity index (χ2v) is 5.75. The van der Waals surface area contributed by atoms with Crippen LogP contribution in [0.5, 0.6) is 0 Å². The summed E-state index contributed by atoms with van der Waals surface area (Å²) in [4.78, 5) is 26.0. The van der Waals surface area contributed by atoms with E-state index in [0.29, 0.717) is 18.8 Å². The summed E-state index contributed by atoms with van der Waals surface area (Å²) in [6, 6.07) is 7.87. The number of anilines is 1. The molecule has 1 aromatic carbocycles. The van der Waals surface area contributed by atoms with E-state index in [2.05, 4.69) is 15.9 Å². The molecule has 0 spiro atoms. The maximum atomic E-state index is 12.3. The Labute approximate surface area is 131 Å². The first kappa shape index (κ1) is 15.6. The van der Waals surface area contributed by atoms with E-state index in [1.165, 1.54) is 11.6 Å². The molecule has 21 heavy (non-hydrogen) atoms. The standard InChI is InChI=1S/C15H18BrN3O2/c1-4-19-10-13(14(20)18(3)15(19)21)17(2)9-11-7-5-6-8-12(11)16/h5-8,10H,4,9H2,1-3H3. The van der Waals surface area contributed by atoms with Gasteiger partial charge in [-0.05, 0) is 18.6 Å². The number of rotatable bonds is 4. The van der Waals surface area contributed by atoms with Gasteiger partial charge < -0.3 is 4.90 Å². The van der Waals surface area contributed by atoms with Gasteiger partial charge in [0.1, 0.15) is 5.69 Å². The van der Waals surface area contributed by atoms with E-state index in [9.17, 15) is 9.59 Å². The predicted molar refractivity (Wildman–Crippen MR) is 87.9 cm³/mol. The summed E-state index contributed by atoms with van der Waals surface area (Å²) in [7, 11) is 3.35. The second-order valence-electron chi connectivity index (χ2n) is 4.89. The molecule has 0 bridgehead atoms. The number of aryl methyl sites for hydroxylation is 1. The maximum absolute atomic E-state index is 12.3. The first-order valence-electron chi connectivity index (χ1n) is 6.70. The SMILES string of the molecule is CCn1cc(N(C)Cc2ccccc2Br)c(=O)n(C)c1=O. The van der Waals surface area contributed by atoms with Gasteiger partial charge >= 0.3 is 5.69 Å². The fraction of sp³-hybridized carbons (Fsp3) is 0.333. The minimum Gasteiger partial charge on any atom is -0.365 e. The van der Waals surface area contributed by atoms with E-state index < -0.39 is 0 Å². The van der Waals surface area contributed by atoms with Crippen molar-refractivity contribution >= 4 is 21.6 Å². The van der Waals surface area contributed by atoms with E-state index in [0.717, 1.165) is 14.6 Å². The number of nitrogens with zero attached hydrogens (tertiary/aromatic N) is 3. The molecule has 2 aromatic rings. The molecule has 0 amide bonds. The molecule has 0 aliphatic heterocycles. The Kier molecular flexibility index (Phi) is 4.67. The smallest absolute Gasteiger partial charge is 0.330 e. The summed E-state index contributed by atoms with van der Waals surface area (Å²) in [5.74, 6) is 0. The summed E-state index contributed by atoms with van der Waals surface area (Å²) in [5, 5.41) is 0. The van der Waals surface area contributed by atoms with Crippen LogP contribution in [0.1, 0.15) is 12.5 Å². The average molecular weight is 352 g/mol. The molecule has 1 aromatic heterocycles. The number of benzene rings is 1. The lowest BCUT2D eigenvalue weighted by Crippen LogP contribution is -2.40. The largest absolute Gasteiger partial charge is 0.365 e. The van der Waals surface area contributed by atoms with Crippen LogP contribution in [0.2, 0.25) is 0 Å². The predicted octanol–water partition coefficient (Wildman–Crippen LogP) is 1.97. The Morgan fingerprint density at radius 1 is 1.24 bits per heavy atom. The molecule has 112 valence electrons. The van der Waals surface area contributed by atoms with E-state index >= 15 is 0 Å². The number of aromatic nitrogens is 2. The highest BCUT2D eigenvalue weighted by Crippen LogP contribution is 2.19. The van der Waals surface area contributed by atoms with Crippen LogP contribution in [0, 0.1) is 0 Å². The van der Waals surface area contributed by atoms with Crippen molar-refractivity contribution < 1.29 is 0 Å². The molecule has 6 heteroatoms. The molecule has 0 aliphatic carbocycles. The third-order valence-corrected chi connectivity index (χ3v) is 4.23. The molecule has 5 nitrogen and oxygen atoms in total. The second kappa shape index (κ2) is 6.30. The van der Waals surface area contributed by atoms with Crippen LogP contribution >= 0.6 is 15.9 Å². The van der Waals surface area contributed by atoms with E-state index in [4.69, 9.17) is 0 Å². The zero-order valence-electron chi connectivity index (χ0n) is 12.3. The Morgan fingerprint density at radius 2 is 1.90 bits per heavy atom. The van der Waals surface area contributed by atoms with Crippen molar-refractivity contribution in [1.82, 2.24) is 9.13 Å². The Bertz CT molecular complexity index is 764. The molecule has 0 atom stereocenters. The van der Waals surface area contributed by atoms with Crippen LogP contribution in [0.25, 0.3) is 0 Å². The summed E-state index contributed by atoms with van der Waals surface area (Å²) in [6.45, 7) is 2.99. The van der Waals surface area contributed by atoms with E-state index in [1.54, 1.807) is 6.20 Å². The van der Waals surface area contributed by atoms with Crippen molar-refractivity contribution in [2.75, 3.05) is 11.9 Å². The lowest BCUT2D eigenvalue weighted by Gasteiger charge is -2.21. The Balaban J connectivity index is 2.43. The van der Waals surface area contributed by atoms with Crippen molar-refractivity contribution in [2.24, 2.45) is 7.05 Å². The molecule has 2 rings (SSSR count). The number of hydrogen-bond donors (Lipinski definition) is 0. The molecule has 0 unspecified atom stereocenters. The van der Waals surface area contributed by atoms with Gasteiger partial charge in [-0.2, -0.15) is 0 Å². The zero-order valence-corrected chi connectivity index (χ0v) is 13.9. The summed E-state index contributed by atoms with van der Waals surface area (Å²) in [5.41, 5.74) is 1.02. The minimum absolute atomic E-state index is 0.278. The van der Waals surface area contributed by atoms with Crippen LogP contribution < -0.4 is 16.1 Å². The van der Waals surface area contributed by atoms with Gasteiger partial charge in [0, 0.05) is 37.9 Å². The molecule has 0 saturated heterocycles. The van der Waals surface area contributed by atoms with Crippen molar-refractivity contribution in [2.45, 2.75) is 20.0 Å². The summed E-state index contributed by atoms with van der Waals surface area (Å²) >= 11 is 3.50. The van der Waals surface area contributed by atoms with Gasteiger partial charge in [-0.15, -0.1) is 0 Å². The molecule has 1 heterocycles. The van der Waals surface area contributed by atoms with Gasteiger partial charge in [-0.25, -0.2) is 4.79 Å². The molecular weight excluding hydrogens is 334 g/mol. The monoisotopic (exact) mass is 351 g/mol. The number of halogens is 1. The zero-order chi connectivity index (χ0) is 15.6. The average Bonchev–Trinajstić information content (AvgIpc) is 2.47. The third kappa shape index (κ3) is 3.10. The van der Waals surface area contributed by atoms with Crippen LogP contribution in [0.15, 0.2) is 44.5 Å². The summed E-state index contributed by atoms with van der Waals surface area (Å²) in [6.07, 6.45) is 1.63. The molecule has 0 N–H and O–H groups in total. The van der Waals surface area contributed by atoms with Gasteiger partial charge in [0.05, 0.1) is 0 Å². The molecular formula is C15H18BrN3O2. The fourth-order valence-electron chi connectivity index (χ4n) is 2.17. The van der Waals surface area contributed by atoms with Gasteiger partial charge in [0.15, 0.2) is 0 Å². The minimum atomic E-state index is -0.291. The molecule has 0 aliphatic rings. The summed E-state index contributed by atoms with van der Waals surface area (Å²) < 4.78 is 3.68. The van der Waals surface area contributed by atoms with Crippen molar-refractivity contribution in [3.8, 4) is 0 Å². The maximum Gasteiger partial charge on any atom is 0.330 e. The van der Waals surface area contributed by atoms with Crippen molar-refractivity contribution in [1.29, 1.82) is 0 Å². The topological polar surface area (TPSA) is 47.2 Å². The van der Waals surface area contributed by atoms with E-state index in [-0.39, 0.29) is 11.2 Å². The van der Waals surface area contributed by atoms with Gasteiger partial charge in [0.2, 0.25) is 0 Å². The van der Waals surface area contributed by atoms with Crippen LogP contribution in [-0.4, -0.2) is 16.2 Å². The fourth-order valence-corrected chi connectivity index (χ4v) is 2.58. The van der Waals surface area contributed by atoms with Crippen molar-refractivity contribution in [3.05, 3.63) is 61.3 Å². The van der Waals surface area contributed by atoms with Gasteiger partial charge in [-0.3, -0.25) is 13.9 Å². The van der Waals surface area contributed by atoms with Crippen LogP contribution in [0.4, 0.5) is 5.69 Å². The Hall–Kier alpha value is -1.82. The highest BCUT2D eigenvalue weighted by atomic mass is 79.9. The molecule has 0 saturated carbocycles. The number of hydrogen-bond acceptors (Lipinski definition) is 3. The van der Waals surface area contributed by atoms with Crippen LogP contribution in [0.3, 0.4) is 0 Å². The third-order valence-electron chi connectivity index (χ3n) is 3.45. The quantitative estimate of drug-likeness (QED) is 0.845. The van der Waals surface area contributed by atoms with Crippen molar-refractivity contribution in [3.63, 3.8) is 0 Å². The van der Waals surface area contributed by atoms with Gasteiger partial charge in [0.25, 0.3) is 5.56 Å². The van der Waals surface area contributed by atoms with E-state index in [1.807, 2.05) is 43.1 Å². The normalized spacial score (nSPS) is 10.7. The highest BCUT2D eigenvalue weighted by molar-refractivity contribution is 9.10. The molecule has 0 fully saturated rings. The lowest BCUT2D eigenvalue weighted by atomic mass is 10.2. The van der Waals surface area contributed by atoms with Gasteiger partial charge in [-0.1, -0.05) is 34.1 Å². The molecule has 0 radical (unpaired) electrons. The highest BCUT2D eigenvalue weighted by Gasteiger charge is 2.13. The Morgan fingerprint density at radius 3 is 2.52 bits per heavy atom. The van der Waals surface area contributed by atoms with Crippen LogP contribution in [-0.2, 0) is 20.1 Å². The first-order valence-corrected chi connectivity index (χ1v) is 7.50.